The summed E-state index contributed by atoms with van der Waals surface area (Å²) in [7, 11) is 0. The Kier molecular flexibility index (Phi) is 2.99. The van der Waals surface area contributed by atoms with Crippen molar-refractivity contribution >= 4 is 11.2 Å². The van der Waals surface area contributed by atoms with E-state index < -0.39 is 0 Å². The summed E-state index contributed by atoms with van der Waals surface area (Å²) >= 11 is 0. The second kappa shape index (κ2) is 4.80. The highest BCUT2D eigenvalue weighted by Gasteiger charge is 2.12. The van der Waals surface area contributed by atoms with E-state index in [0.29, 0.717) is 0 Å². The summed E-state index contributed by atoms with van der Waals surface area (Å²) in [6, 6.07) is 10.2. The van der Waals surface area contributed by atoms with E-state index in [0.717, 1.165) is 35.5 Å². The molecule has 0 bridgehead atoms. The number of pyridine rings is 1. The summed E-state index contributed by atoms with van der Waals surface area (Å²) in [6.45, 7) is 2.11. The van der Waals surface area contributed by atoms with Crippen molar-refractivity contribution < 1.29 is 4.39 Å². The Balaban J connectivity index is 2.24. The fourth-order valence-corrected chi connectivity index (χ4v) is 2.21. The number of aromatic nitrogens is 3. The number of imidazole rings is 1. The molecule has 0 saturated heterocycles. The van der Waals surface area contributed by atoms with Gasteiger partial charge < -0.3 is 0 Å². The summed E-state index contributed by atoms with van der Waals surface area (Å²) in [4.78, 5) is 9.00. The first kappa shape index (κ1) is 11.8. The Bertz CT molecular complexity index is 701. The van der Waals surface area contributed by atoms with Crippen LogP contribution in [0.3, 0.4) is 0 Å². The van der Waals surface area contributed by atoms with E-state index in [4.69, 9.17) is 0 Å². The van der Waals surface area contributed by atoms with E-state index in [2.05, 4.69) is 16.9 Å². The second-order valence-corrected chi connectivity index (χ2v) is 4.44. The second-order valence-electron chi connectivity index (χ2n) is 4.44. The molecule has 3 nitrogen and oxygen atoms in total. The lowest BCUT2D eigenvalue weighted by molar-refractivity contribution is 0.627. The largest absolute Gasteiger partial charge is 0.281 e. The van der Waals surface area contributed by atoms with Crippen LogP contribution >= 0.6 is 0 Å². The van der Waals surface area contributed by atoms with Crippen molar-refractivity contribution in [2.24, 2.45) is 0 Å². The highest BCUT2D eigenvalue weighted by atomic mass is 19.1. The fourth-order valence-electron chi connectivity index (χ4n) is 2.21. The molecule has 4 heteroatoms. The molecule has 0 unspecified atom stereocenters. The third kappa shape index (κ3) is 2.10. The van der Waals surface area contributed by atoms with Crippen molar-refractivity contribution in [2.75, 3.05) is 0 Å². The van der Waals surface area contributed by atoms with E-state index in [9.17, 15) is 4.39 Å². The summed E-state index contributed by atoms with van der Waals surface area (Å²) in [6.07, 6.45) is 3.62. The topological polar surface area (TPSA) is 30.7 Å². The molecule has 0 fully saturated rings. The van der Waals surface area contributed by atoms with Crippen LogP contribution in [-0.2, 0) is 6.42 Å². The average molecular weight is 255 g/mol. The van der Waals surface area contributed by atoms with Gasteiger partial charge in [0.25, 0.3) is 0 Å². The van der Waals surface area contributed by atoms with Gasteiger partial charge in [0.1, 0.15) is 17.2 Å². The van der Waals surface area contributed by atoms with Crippen molar-refractivity contribution in [2.45, 2.75) is 19.8 Å². The minimum absolute atomic E-state index is 0.238. The molecule has 96 valence electrons. The average Bonchev–Trinajstić information content (AvgIpc) is 2.78. The van der Waals surface area contributed by atoms with Crippen LogP contribution in [-0.4, -0.2) is 14.5 Å². The van der Waals surface area contributed by atoms with E-state index in [1.165, 1.54) is 12.1 Å². The normalized spacial score (nSPS) is 11.1. The smallest absolute Gasteiger partial charge is 0.164 e. The molecule has 0 amide bonds. The maximum absolute atomic E-state index is 13.1. The molecule has 1 aromatic carbocycles. The van der Waals surface area contributed by atoms with Crippen molar-refractivity contribution in [3.8, 4) is 5.69 Å². The van der Waals surface area contributed by atoms with Gasteiger partial charge in [0.05, 0.1) is 0 Å². The van der Waals surface area contributed by atoms with Gasteiger partial charge in [0.2, 0.25) is 0 Å². The summed E-state index contributed by atoms with van der Waals surface area (Å²) < 4.78 is 15.0. The van der Waals surface area contributed by atoms with Crippen LogP contribution in [0.5, 0.6) is 0 Å². The standard InChI is InChI=1S/C15H14FN3/c1-2-4-14-18-13-5-3-10-17-15(13)19(14)12-8-6-11(16)7-9-12/h3,5-10H,2,4H2,1H3. The number of hydrogen-bond donors (Lipinski definition) is 0. The highest BCUT2D eigenvalue weighted by molar-refractivity contribution is 5.73. The zero-order chi connectivity index (χ0) is 13.2. The van der Waals surface area contributed by atoms with Gasteiger partial charge in [-0.05, 0) is 42.8 Å². The SMILES string of the molecule is CCCc1nc2cccnc2n1-c1ccc(F)cc1. The molecule has 0 aliphatic heterocycles. The summed E-state index contributed by atoms with van der Waals surface area (Å²) in [5.41, 5.74) is 2.58. The molecule has 2 aromatic heterocycles. The molecule has 0 saturated carbocycles. The lowest BCUT2D eigenvalue weighted by Crippen LogP contribution is -2.01. The lowest BCUT2D eigenvalue weighted by atomic mass is 10.2. The Morgan fingerprint density at radius 1 is 1.16 bits per heavy atom. The van der Waals surface area contributed by atoms with Gasteiger partial charge in [-0.3, -0.25) is 4.57 Å². The minimum Gasteiger partial charge on any atom is -0.281 e. The number of hydrogen-bond acceptors (Lipinski definition) is 2. The van der Waals surface area contributed by atoms with Gasteiger partial charge in [-0.25, -0.2) is 14.4 Å². The molecule has 3 rings (SSSR count). The Hall–Kier alpha value is -2.23. The zero-order valence-corrected chi connectivity index (χ0v) is 10.7. The van der Waals surface area contributed by atoms with E-state index >= 15 is 0 Å². The van der Waals surface area contributed by atoms with E-state index in [1.807, 2.05) is 16.7 Å². The molecule has 0 N–H and O–H groups in total. The van der Waals surface area contributed by atoms with Crippen molar-refractivity contribution in [3.05, 3.63) is 54.2 Å². The van der Waals surface area contributed by atoms with Crippen LogP contribution in [0.4, 0.5) is 4.39 Å². The molecule has 0 atom stereocenters. The molecule has 0 aliphatic rings. The van der Waals surface area contributed by atoms with Crippen LogP contribution < -0.4 is 0 Å². The molecule has 2 heterocycles. The number of rotatable bonds is 3. The Morgan fingerprint density at radius 3 is 2.68 bits per heavy atom. The number of benzene rings is 1. The first-order valence-electron chi connectivity index (χ1n) is 6.38. The van der Waals surface area contributed by atoms with Crippen LogP contribution in [0, 0.1) is 5.82 Å². The first-order chi connectivity index (χ1) is 9.29. The van der Waals surface area contributed by atoms with Crippen LogP contribution in [0.25, 0.3) is 16.9 Å². The lowest BCUT2D eigenvalue weighted by Gasteiger charge is -2.07. The molecule has 0 spiro atoms. The van der Waals surface area contributed by atoms with E-state index in [-0.39, 0.29) is 5.82 Å². The van der Waals surface area contributed by atoms with Crippen molar-refractivity contribution in [3.63, 3.8) is 0 Å². The van der Waals surface area contributed by atoms with Gasteiger partial charge >= 0.3 is 0 Å². The predicted octanol–water partition coefficient (Wildman–Crippen LogP) is 3.51. The molecule has 0 radical (unpaired) electrons. The maximum atomic E-state index is 13.1. The number of aryl methyl sites for hydroxylation is 1. The van der Waals surface area contributed by atoms with Gasteiger partial charge in [0.15, 0.2) is 5.65 Å². The highest BCUT2D eigenvalue weighted by Crippen LogP contribution is 2.20. The van der Waals surface area contributed by atoms with Crippen molar-refractivity contribution in [1.29, 1.82) is 0 Å². The minimum atomic E-state index is -0.238. The van der Waals surface area contributed by atoms with Gasteiger partial charge in [-0.1, -0.05) is 6.92 Å². The predicted molar refractivity (Wildman–Crippen MR) is 72.8 cm³/mol. The van der Waals surface area contributed by atoms with E-state index in [1.54, 1.807) is 18.3 Å². The Labute approximate surface area is 110 Å². The van der Waals surface area contributed by atoms with Gasteiger partial charge in [-0.15, -0.1) is 0 Å². The monoisotopic (exact) mass is 255 g/mol. The Morgan fingerprint density at radius 2 is 1.95 bits per heavy atom. The third-order valence-electron chi connectivity index (χ3n) is 3.04. The quantitative estimate of drug-likeness (QED) is 0.717. The number of nitrogens with zero attached hydrogens (tertiary/aromatic N) is 3. The van der Waals surface area contributed by atoms with Crippen LogP contribution in [0.1, 0.15) is 19.2 Å². The number of halogens is 1. The fraction of sp³-hybridized carbons (Fsp3) is 0.200. The maximum Gasteiger partial charge on any atom is 0.164 e. The first-order valence-corrected chi connectivity index (χ1v) is 6.38. The zero-order valence-electron chi connectivity index (χ0n) is 10.7. The van der Waals surface area contributed by atoms with Crippen LogP contribution in [0.15, 0.2) is 42.6 Å². The number of fused-ring (bicyclic) bond motifs is 1. The summed E-state index contributed by atoms with van der Waals surface area (Å²) in [5, 5.41) is 0. The third-order valence-corrected chi connectivity index (χ3v) is 3.04. The molecule has 3 aromatic rings. The molecular weight excluding hydrogens is 241 g/mol. The van der Waals surface area contributed by atoms with Gasteiger partial charge in [0, 0.05) is 18.3 Å². The molecule has 0 aliphatic carbocycles. The summed E-state index contributed by atoms with van der Waals surface area (Å²) in [5.74, 6) is 0.723. The molecule has 19 heavy (non-hydrogen) atoms. The molecular formula is C15H14FN3. The van der Waals surface area contributed by atoms with Gasteiger partial charge in [-0.2, -0.15) is 0 Å². The van der Waals surface area contributed by atoms with Crippen molar-refractivity contribution in [1.82, 2.24) is 14.5 Å². The van der Waals surface area contributed by atoms with Crippen LogP contribution in [0.2, 0.25) is 0 Å².